The van der Waals surface area contributed by atoms with Gasteiger partial charge in [-0.2, -0.15) is 0 Å². The van der Waals surface area contributed by atoms with Gasteiger partial charge in [-0.1, -0.05) is 18.2 Å². The van der Waals surface area contributed by atoms with Crippen LogP contribution in [0.1, 0.15) is 29.1 Å². The highest BCUT2D eigenvalue weighted by atomic mass is 16.5. The van der Waals surface area contributed by atoms with Gasteiger partial charge in [-0.15, -0.1) is 5.10 Å². The number of likely N-dealkylation sites (N-methyl/N-ethyl adjacent to an activating group) is 1. The van der Waals surface area contributed by atoms with Crippen molar-refractivity contribution in [3.8, 4) is 11.6 Å². The van der Waals surface area contributed by atoms with Gasteiger partial charge in [0, 0.05) is 25.2 Å². The standard InChI is InChI=1S/C19H18N4O4/c1-11(13-6-5-12-4-3-7-20-14(12)10-13)27-18-17(25)16(24)15-19(26)22(2)8-9-23(15)21-18/h3-7,10-11,24H,8-9H2,1-2H3/t11-/m0/s1. The number of hydrogen-bond donors (Lipinski definition) is 1. The molecule has 0 fully saturated rings. The molecule has 0 spiro atoms. The summed E-state index contributed by atoms with van der Waals surface area (Å²) in [7, 11) is 1.61. The molecule has 1 atom stereocenters. The molecule has 1 aliphatic rings. The number of amides is 1. The van der Waals surface area contributed by atoms with Crippen LogP contribution in [0.4, 0.5) is 0 Å². The van der Waals surface area contributed by atoms with Gasteiger partial charge in [0.05, 0.1) is 12.1 Å². The number of aromatic hydroxyl groups is 1. The number of pyridine rings is 1. The van der Waals surface area contributed by atoms with Gasteiger partial charge in [0.2, 0.25) is 5.75 Å². The van der Waals surface area contributed by atoms with Crippen LogP contribution in [-0.4, -0.2) is 44.3 Å². The fourth-order valence-corrected chi connectivity index (χ4v) is 3.09. The summed E-state index contributed by atoms with van der Waals surface area (Å²) in [6.45, 7) is 2.59. The lowest BCUT2D eigenvalue weighted by Crippen LogP contribution is -2.40. The molecule has 1 aliphatic heterocycles. The van der Waals surface area contributed by atoms with E-state index < -0.39 is 23.2 Å². The van der Waals surface area contributed by atoms with Gasteiger partial charge >= 0.3 is 0 Å². The highest BCUT2D eigenvalue weighted by Crippen LogP contribution is 2.24. The van der Waals surface area contributed by atoms with E-state index in [0.29, 0.717) is 13.1 Å². The number of aromatic nitrogens is 3. The van der Waals surface area contributed by atoms with Crippen LogP contribution in [0.3, 0.4) is 0 Å². The number of benzene rings is 1. The SMILES string of the molecule is C[C@H](Oc1nn2c(c(O)c1=O)C(=O)N(C)CC2)c1ccc2cccnc2c1. The highest BCUT2D eigenvalue weighted by Gasteiger charge is 2.29. The summed E-state index contributed by atoms with van der Waals surface area (Å²) in [5.74, 6) is -1.31. The Balaban J connectivity index is 1.68. The van der Waals surface area contributed by atoms with Crippen molar-refractivity contribution in [3.05, 3.63) is 58.0 Å². The molecule has 1 N–H and O–H groups in total. The summed E-state index contributed by atoms with van der Waals surface area (Å²) in [5, 5.41) is 15.4. The largest absolute Gasteiger partial charge is 0.502 e. The molecule has 0 unspecified atom stereocenters. The van der Waals surface area contributed by atoms with Gasteiger partial charge < -0.3 is 14.7 Å². The Morgan fingerprint density at radius 2 is 2.04 bits per heavy atom. The molecule has 8 nitrogen and oxygen atoms in total. The van der Waals surface area contributed by atoms with E-state index >= 15 is 0 Å². The van der Waals surface area contributed by atoms with Gasteiger partial charge in [-0.05, 0) is 24.6 Å². The quantitative estimate of drug-likeness (QED) is 0.758. The van der Waals surface area contributed by atoms with Crippen LogP contribution < -0.4 is 10.2 Å². The Hall–Kier alpha value is -3.42. The number of carbonyl (C=O) groups excluding carboxylic acids is 1. The maximum Gasteiger partial charge on any atom is 0.285 e. The molecule has 0 radical (unpaired) electrons. The van der Waals surface area contributed by atoms with E-state index in [1.54, 1.807) is 20.2 Å². The molecule has 138 valence electrons. The lowest BCUT2D eigenvalue weighted by atomic mass is 10.1. The van der Waals surface area contributed by atoms with Gasteiger partial charge in [-0.3, -0.25) is 19.3 Å². The minimum Gasteiger partial charge on any atom is -0.502 e. The fraction of sp³-hybridized carbons (Fsp3) is 0.263. The van der Waals surface area contributed by atoms with Crippen molar-refractivity contribution in [1.29, 1.82) is 0 Å². The maximum absolute atomic E-state index is 12.4. The zero-order valence-corrected chi connectivity index (χ0v) is 14.9. The number of ether oxygens (including phenoxy) is 1. The number of hydrogen-bond acceptors (Lipinski definition) is 6. The summed E-state index contributed by atoms with van der Waals surface area (Å²) in [6, 6.07) is 9.52. The first kappa shape index (κ1) is 17.0. The van der Waals surface area contributed by atoms with Gasteiger partial charge in [-0.25, -0.2) is 0 Å². The summed E-state index contributed by atoms with van der Waals surface area (Å²) >= 11 is 0. The van der Waals surface area contributed by atoms with Crippen molar-refractivity contribution in [2.75, 3.05) is 13.6 Å². The summed E-state index contributed by atoms with van der Waals surface area (Å²) in [5.41, 5.74) is 0.733. The van der Waals surface area contributed by atoms with Crippen LogP contribution in [0.25, 0.3) is 10.9 Å². The summed E-state index contributed by atoms with van der Waals surface area (Å²) < 4.78 is 7.05. The zero-order chi connectivity index (χ0) is 19.1. The van der Waals surface area contributed by atoms with Crippen LogP contribution in [0.2, 0.25) is 0 Å². The van der Waals surface area contributed by atoms with E-state index in [0.717, 1.165) is 16.5 Å². The molecular formula is C19H18N4O4. The van der Waals surface area contributed by atoms with E-state index in [1.807, 2.05) is 30.3 Å². The Morgan fingerprint density at radius 3 is 2.85 bits per heavy atom. The average Bonchev–Trinajstić information content (AvgIpc) is 2.68. The molecule has 0 aliphatic carbocycles. The molecule has 2 aromatic heterocycles. The summed E-state index contributed by atoms with van der Waals surface area (Å²) in [6.07, 6.45) is 1.22. The molecular weight excluding hydrogens is 348 g/mol. The Bertz CT molecular complexity index is 1110. The lowest BCUT2D eigenvalue weighted by Gasteiger charge is -2.26. The van der Waals surface area contributed by atoms with Gasteiger partial charge in [0.25, 0.3) is 17.2 Å². The molecule has 1 aromatic carbocycles. The molecule has 27 heavy (non-hydrogen) atoms. The smallest absolute Gasteiger partial charge is 0.285 e. The second-order valence-electron chi connectivity index (χ2n) is 6.50. The molecule has 1 amide bonds. The van der Waals surface area contributed by atoms with Crippen molar-refractivity contribution in [3.63, 3.8) is 0 Å². The van der Waals surface area contributed by atoms with Crippen molar-refractivity contribution >= 4 is 16.8 Å². The van der Waals surface area contributed by atoms with E-state index in [4.69, 9.17) is 4.74 Å². The second kappa shape index (κ2) is 6.39. The van der Waals surface area contributed by atoms with Crippen molar-refractivity contribution < 1.29 is 14.6 Å². The lowest BCUT2D eigenvalue weighted by molar-refractivity contribution is 0.0729. The molecule has 0 saturated heterocycles. The minimum atomic E-state index is -0.796. The zero-order valence-electron chi connectivity index (χ0n) is 14.9. The number of fused-ring (bicyclic) bond motifs is 2. The number of carbonyl (C=O) groups is 1. The van der Waals surface area contributed by atoms with Gasteiger partial charge in [0.1, 0.15) is 6.10 Å². The first-order valence-corrected chi connectivity index (χ1v) is 8.56. The Kier molecular flexibility index (Phi) is 4.02. The Labute approximate surface area is 154 Å². The minimum absolute atomic E-state index is 0.108. The second-order valence-corrected chi connectivity index (χ2v) is 6.50. The normalized spacial score (nSPS) is 14.9. The molecule has 3 heterocycles. The Morgan fingerprint density at radius 1 is 1.22 bits per heavy atom. The highest BCUT2D eigenvalue weighted by molar-refractivity contribution is 5.95. The van der Waals surface area contributed by atoms with Crippen LogP contribution in [0, 0.1) is 0 Å². The van der Waals surface area contributed by atoms with Crippen molar-refractivity contribution in [2.45, 2.75) is 19.6 Å². The van der Waals surface area contributed by atoms with Crippen LogP contribution in [0.5, 0.6) is 11.6 Å². The first-order valence-electron chi connectivity index (χ1n) is 8.56. The average molecular weight is 366 g/mol. The molecule has 3 aromatic rings. The van der Waals surface area contributed by atoms with Crippen molar-refractivity contribution in [1.82, 2.24) is 19.7 Å². The molecule has 0 bridgehead atoms. The van der Waals surface area contributed by atoms with Crippen molar-refractivity contribution in [2.24, 2.45) is 0 Å². The van der Waals surface area contributed by atoms with Gasteiger partial charge in [0.15, 0.2) is 5.69 Å². The number of nitrogens with zero attached hydrogens (tertiary/aromatic N) is 4. The molecule has 8 heteroatoms. The van der Waals surface area contributed by atoms with Crippen LogP contribution in [-0.2, 0) is 6.54 Å². The number of rotatable bonds is 3. The van der Waals surface area contributed by atoms with E-state index in [9.17, 15) is 14.7 Å². The first-order chi connectivity index (χ1) is 13.0. The predicted octanol–water partition coefficient (Wildman–Crippen LogP) is 1.72. The summed E-state index contributed by atoms with van der Waals surface area (Å²) in [4.78, 5) is 30.4. The van der Waals surface area contributed by atoms with Crippen LogP contribution in [0.15, 0.2) is 41.3 Å². The monoisotopic (exact) mass is 366 g/mol. The maximum atomic E-state index is 12.4. The fourth-order valence-electron chi connectivity index (χ4n) is 3.09. The molecule has 0 saturated carbocycles. The van der Waals surface area contributed by atoms with E-state index in [1.165, 1.54) is 9.58 Å². The van der Waals surface area contributed by atoms with E-state index in [2.05, 4.69) is 10.1 Å². The van der Waals surface area contributed by atoms with Crippen LogP contribution >= 0.6 is 0 Å². The third kappa shape index (κ3) is 2.88. The van der Waals surface area contributed by atoms with E-state index in [-0.39, 0.29) is 11.6 Å². The topological polar surface area (TPSA) is 97.5 Å². The third-order valence-electron chi connectivity index (χ3n) is 4.69. The third-order valence-corrected chi connectivity index (χ3v) is 4.69. The molecule has 4 rings (SSSR count). The predicted molar refractivity (Wildman–Crippen MR) is 97.9 cm³/mol.